The molecule has 10 heavy (non-hydrogen) atoms. The minimum Gasteiger partial charge on any atom is -0.362 e. The van der Waals surface area contributed by atoms with E-state index in [9.17, 15) is 4.79 Å². The molecular formula is C7H14O3. The summed E-state index contributed by atoms with van der Waals surface area (Å²) < 4.78 is 4.42. The molecule has 3 heteroatoms. The van der Waals surface area contributed by atoms with Gasteiger partial charge in [0.15, 0.2) is 5.78 Å². The first-order valence-corrected chi connectivity index (χ1v) is 3.46. The number of aliphatic hydroxyl groups is 1. The molecule has 1 N–H and O–H groups in total. The SMILES string of the molecule is CCCCC(=O)C(O)OC. The molecule has 0 amide bonds. The summed E-state index contributed by atoms with van der Waals surface area (Å²) in [6, 6.07) is 0. The van der Waals surface area contributed by atoms with Crippen molar-refractivity contribution >= 4 is 5.78 Å². The number of methoxy groups -OCH3 is 1. The van der Waals surface area contributed by atoms with Crippen molar-refractivity contribution in [1.29, 1.82) is 0 Å². The quantitative estimate of drug-likeness (QED) is 0.581. The summed E-state index contributed by atoms with van der Waals surface area (Å²) >= 11 is 0. The minimum atomic E-state index is -1.22. The zero-order chi connectivity index (χ0) is 7.98. The normalized spacial score (nSPS) is 13.1. The van der Waals surface area contributed by atoms with Gasteiger partial charge in [-0.15, -0.1) is 0 Å². The maximum Gasteiger partial charge on any atom is 0.215 e. The largest absolute Gasteiger partial charge is 0.362 e. The molecule has 0 fully saturated rings. The summed E-state index contributed by atoms with van der Waals surface area (Å²) in [6.45, 7) is 1.99. The number of carbonyl (C=O) groups is 1. The Balaban J connectivity index is 3.42. The van der Waals surface area contributed by atoms with E-state index in [2.05, 4.69) is 4.74 Å². The molecule has 0 saturated heterocycles. The fraction of sp³-hybridized carbons (Fsp3) is 0.857. The van der Waals surface area contributed by atoms with Crippen LogP contribution in [0, 0.1) is 0 Å². The molecule has 0 heterocycles. The predicted octanol–water partition coefficient (Wildman–Crippen LogP) is 0.710. The van der Waals surface area contributed by atoms with Crippen LogP contribution in [0.2, 0.25) is 0 Å². The molecule has 0 aromatic rings. The highest BCUT2D eigenvalue weighted by Crippen LogP contribution is 1.98. The molecule has 0 saturated carbocycles. The van der Waals surface area contributed by atoms with Gasteiger partial charge in [0, 0.05) is 13.5 Å². The molecule has 0 aliphatic carbocycles. The number of unbranched alkanes of at least 4 members (excludes halogenated alkanes) is 1. The Morgan fingerprint density at radius 2 is 2.30 bits per heavy atom. The van der Waals surface area contributed by atoms with Crippen LogP contribution in [0.5, 0.6) is 0 Å². The molecule has 60 valence electrons. The summed E-state index contributed by atoms with van der Waals surface area (Å²) in [5.41, 5.74) is 0. The highest BCUT2D eigenvalue weighted by Gasteiger charge is 2.11. The van der Waals surface area contributed by atoms with Gasteiger partial charge < -0.3 is 9.84 Å². The molecule has 0 spiro atoms. The van der Waals surface area contributed by atoms with Crippen molar-refractivity contribution in [2.45, 2.75) is 32.5 Å². The molecule has 0 aromatic carbocycles. The summed E-state index contributed by atoms with van der Waals surface area (Å²) in [4.78, 5) is 10.8. The maximum atomic E-state index is 10.8. The van der Waals surface area contributed by atoms with E-state index in [0.29, 0.717) is 6.42 Å². The summed E-state index contributed by atoms with van der Waals surface area (Å²) in [6.07, 6.45) is 0.971. The molecule has 0 aliphatic heterocycles. The van der Waals surface area contributed by atoms with E-state index in [4.69, 9.17) is 5.11 Å². The topological polar surface area (TPSA) is 46.5 Å². The van der Waals surface area contributed by atoms with Gasteiger partial charge in [-0.2, -0.15) is 0 Å². The van der Waals surface area contributed by atoms with E-state index in [1.165, 1.54) is 7.11 Å². The average molecular weight is 146 g/mol. The van der Waals surface area contributed by atoms with Crippen LogP contribution in [0.3, 0.4) is 0 Å². The van der Waals surface area contributed by atoms with E-state index in [-0.39, 0.29) is 5.78 Å². The van der Waals surface area contributed by atoms with Crippen molar-refractivity contribution in [3.8, 4) is 0 Å². The average Bonchev–Trinajstić information content (AvgIpc) is 1.98. The van der Waals surface area contributed by atoms with Crippen molar-refractivity contribution in [3.05, 3.63) is 0 Å². The second kappa shape index (κ2) is 5.38. The predicted molar refractivity (Wildman–Crippen MR) is 37.5 cm³/mol. The van der Waals surface area contributed by atoms with Crippen molar-refractivity contribution < 1.29 is 14.6 Å². The van der Waals surface area contributed by atoms with E-state index in [1.54, 1.807) is 0 Å². The number of carbonyl (C=O) groups excluding carboxylic acids is 1. The third-order valence-corrected chi connectivity index (χ3v) is 1.28. The summed E-state index contributed by atoms with van der Waals surface area (Å²) in [7, 11) is 1.31. The molecule has 3 nitrogen and oxygen atoms in total. The number of ketones is 1. The molecule has 0 aromatic heterocycles. The van der Waals surface area contributed by atoms with Gasteiger partial charge in [0.05, 0.1) is 0 Å². The lowest BCUT2D eigenvalue weighted by molar-refractivity contribution is -0.150. The lowest BCUT2D eigenvalue weighted by atomic mass is 10.2. The standard InChI is InChI=1S/C7H14O3/c1-3-4-5-6(8)7(9)10-2/h7,9H,3-5H2,1-2H3. The van der Waals surface area contributed by atoms with Gasteiger partial charge in [0.25, 0.3) is 0 Å². The van der Waals surface area contributed by atoms with Crippen molar-refractivity contribution in [2.24, 2.45) is 0 Å². The van der Waals surface area contributed by atoms with Gasteiger partial charge >= 0.3 is 0 Å². The number of hydrogen-bond acceptors (Lipinski definition) is 3. The number of aliphatic hydroxyl groups excluding tert-OH is 1. The van der Waals surface area contributed by atoms with E-state index in [0.717, 1.165) is 12.8 Å². The number of rotatable bonds is 5. The molecule has 0 radical (unpaired) electrons. The van der Waals surface area contributed by atoms with Crippen molar-refractivity contribution in [1.82, 2.24) is 0 Å². The maximum absolute atomic E-state index is 10.8. The Bertz CT molecular complexity index is 101. The molecule has 0 aliphatic rings. The van der Waals surface area contributed by atoms with E-state index in [1.807, 2.05) is 6.92 Å². The molecule has 1 unspecified atom stereocenters. The Morgan fingerprint density at radius 1 is 1.70 bits per heavy atom. The summed E-state index contributed by atoms with van der Waals surface area (Å²) in [5, 5.41) is 8.78. The lowest BCUT2D eigenvalue weighted by Gasteiger charge is -2.05. The van der Waals surface area contributed by atoms with Crippen molar-refractivity contribution in [2.75, 3.05) is 7.11 Å². The number of hydrogen-bond donors (Lipinski definition) is 1. The number of ether oxygens (including phenoxy) is 1. The van der Waals surface area contributed by atoms with Crippen molar-refractivity contribution in [3.63, 3.8) is 0 Å². The lowest BCUT2D eigenvalue weighted by Crippen LogP contribution is -2.21. The van der Waals surface area contributed by atoms with Crippen LogP contribution < -0.4 is 0 Å². The minimum absolute atomic E-state index is 0.232. The monoisotopic (exact) mass is 146 g/mol. The van der Waals surface area contributed by atoms with Crippen LogP contribution in [-0.2, 0) is 9.53 Å². The molecule has 0 rings (SSSR count). The van der Waals surface area contributed by atoms with Crippen LogP contribution in [0.15, 0.2) is 0 Å². The first kappa shape index (κ1) is 9.59. The van der Waals surface area contributed by atoms with Gasteiger partial charge in [-0.05, 0) is 6.42 Å². The van der Waals surface area contributed by atoms with E-state index < -0.39 is 6.29 Å². The zero-order valence-electron chi connectivity index (χ0n) is 6.46. The van der Waals surface area contributed by atoms with E-state index >= 15 is 0 Å². The second-order valence-corrected chi connectivity index (χ2v) is 2.16. The van der Waals surface area contributed by atoms with Crippen LogP contribution in [-0.4, -0.2) is 24.3 Å². The first-order valence-electron chi connectivity index (χ1n) is 3.46. The Hall–Kier alpha value is -0.410. The third kappa shape index (κ3) is 3.58. The molecule has 1 atom stereocenters. The van der Waals surface area contributed by atoms with Gasteiger partial charge in [0.1, 0.15) is 0 Å². The Kier molecular flexibility index (Phi) is 5.16. The fourth-order valence-electron chi connectivity index (χ4n) is 0.606. The van der Waals surface area contributed by atoms with Gasteiger partial charge in [-0.25, -0.2) is 0 Å². The van der Waals surface area contributed by atoms with Crippen LogP contribution >= 0.6 is 0 Å². The van der Waals surface area contributed by atoms with Gasteiger partial charge in [0.2, 0.25) is 6.29 Å². The van der Waals surface area contributed by atoms with Crippen LogP contribution in [0.25, 0.3) is 0 Å². The van der Waals surface area contributed by atoms with Crippen LogP contribution in [0.1, 0.15) is 26.2 Å². The second-order valence-electron chi connectivity index (χ2n) is 2.16. The van der Waals surface area contributed by atoms with Gasteiger partial charge in [-0.3, -0.25) is 4.79 Å². The van der Waals surface area contributed by atoms with Crippen LogP contribution in [0.4, 0.5) is 0 Å². The number of Topliss-reactive ketones (excluding diaryl/α,β-unsaturated/α-hetero) is 1. The first-order chi connectivity index (χ1) is 4.72. The highest BCUT2D eigenvalue weighted by molar-refractivity contribution is 5.81. The Labute approximate surface area is 61.0 Å². The highest BCUT2D eigenvalue weighted by atomic mass is 16.6. The smallest absolute Gasteiger partial charge is 0.215 e. The third-order valence-electron chi connectivity index (χ3n) is 1.28. The Morgan fingerprint density at radius 3 is 2.70 bits per heavy atom. The fourth-order valence-corrected chi connectivity index (χ4v) is 0.606. The zero-order valence-corrected chi connectivity index (χ0v) is 6.46. The summed E-state index contributed by atoms with van der Waals surface area (Å²) in [5.74, 6) is -0.232. The van der Waals surface area contributed by atoms with Gasteiger partial charge in [-0.1, -0.05) is 13.3 Å². The molecule has 0 bridgehead atoms. The molecular weight excluding hydrogens is 132 g/mol.